The summed E-state index contributed by atoms with van der Waals surface area (Å²) in [5, 5.41) is 13.1. The lowest BCUT2D eigenvalue weighted by Crippen LogP contribution is -2.30. The van der Waals surface area contributed by atoms with Crippen LogP contribution >= 0.6 is 11.3 Å². The molecule has 4 rings (SSSR count). The van der Waals surface area contributed by atoms with Crippen LogP contribution in [0.5, 0.6) is 5.75 Å². The van der Waals surface area contributed by atoms with Crippen LogP contribution in [-0.4, -0.2) is 34.3 Å². The van der Waals surface area contributed by atoms with Crippen molar-refractivity contribution >= 4 is 28.8 Å². The molecule has 6 heteroatoms. The van der Waals surface area contributed by atoms with E-state index in [9.17, 15) is 14.7 Å². The lowest BCUT2D eigenvalue weighted by atomic mass is 9.97. The molecule has 3 heterocycles. The van der Waals surface area contributed by atoms with Gasteiger partial charge in [0.05, 0.1) is 11.6 Å². The fraction of sp³-hybridized carbons (Fsp3) is 0.391. The molecular weight excluding hydrogens is 386 g/mol. The topological polar surface area (TPSA) is 66.8 Å². The SMILES string of the molecule is CCCCN1C(=O)C(=O)/C(=C(\O)c2ccc3c(c2)CC(C)O3)C1c1sccc1C. The molecule has 0 aliphatic carbocycles. The van der Waals surface area contributed by atoms with Crippen LogP contribution in [0.2, 0.25) is 0 Å². The number of ether oxygens (including phenoxy) is 1. The molecular formula is C23H25NO4S. The number of benzene rings is 1. The van der Waals surface area contributed by atoms with Crippen molar-refractivity contribution in [2.24, 2.45) is 0 Å². The first-order valence-corrected chi connectivity index (χ1v) is 10.9. The third-order valence-electron chi connectivity index (χ3n) is 5.61. The van der Waals surface area contributed by atoms with Gasteiger partial charge in [-0.3, -0.25) is 9.59 Å². The van der Waals surface area contributed by atoms with Crippen LogP contribution in [0.4, 0.5) is 0 Å². The first-order chi connectivity index (χ1) is 13.9. The largest absolute Gasteiger partial charge is 0.507 e. The van der Waals surface area contributed by atoms with E-state index in [0.717, 1.165) is 41.0 Å². The lowest BCUT2D eigenvalue weighted by molar-refractivity contribution is -0.139. The number of amides is 1. The van der Waals surface area contributed by atoms with Crippen LogP contribution in [0.15, 0.2) is 35.2 Å². The molecule has 1 aromatic heterocycles. The minimum Gasteiger partial charge on any atom is -0.507 e. The number of Topliss-reactive ketones (excluding diaryl/α,β-unsaturated/α-hetero) is 1. The molecule has 5 nitrogen and oxygen atoms in total. The molecule has 2 aromatic rings. The number of aryl methyl sites for hydroxylation is 1. The quantitative estimate of drug-likeness (QED) is 0.444. The number of carbonyl (C=O) groups is 2. The van der Waals surface area contributed by atoms with Gasteiger partial charge in [-0.05, 0) is 61.0 Å². The fourth-order valence-electron chi connectivity index (χ4n) is 4.10. The number of aliphatic hydroxyl groups is 1. The van der Waals surface area contributed by atoms with Gasteiger partial charge in [0.1, 0.15) is 17.6 Å². The molecule has 29 heavy (non-hydrogen) atoms. The summed E-state index contributed by atoms with van der Waals surface area (Å²) in [5.41, 5.74) is 2.76. The minimum absolute atomic E-state index is 0.0933. The van der Waals surface area contributed by atoms with Crippen molar-refractivity contribution in [3.63, 3.8) is 0 Å². The third kappa shape index (κ3) is 3.35. The molecule has 1 N–H and O–H groups in total. The van der Waals surface area contributed by atoms with Gasteiger partial charge < -0.3 is 14.7 Å². The molecule has 2 aliphatic heterocycles. The third-order valence-corrected chi connectivity index (χ3v) is 6.68. The summed E-state index contributed by atoms with van der Waals surface area (Å²) in [7, 11) is 0. The van der Waals surface area contributed by atoms with Gasteiger partial charge in [-0.2, -0.15) is 0 Å². The summed E-state index contributed by atoms with van der Waals surface area (Å²) in [6.07, 6.45) is 2.58. The van der Waals surface area contributed by atoms with Crippen molar-refractivity contribution in [1.82, 2.24) is 4.90 Å². The fourth-order valence-corrected chi connectivity index (χ4v) is 5.15. The summed E-state index contributed by atoms with van der Waals surface area (Å²) < 4.78 is 5.74. The zero-order valence-electron chi connectivity index (χ0n) is 16.9. The van der Waals surface area contributed by atoms with Gasteiger partial charge in [-0.15, -0.1) is 11.3 Å². The summed E-state index contributed by atoms with van der Waals surface area (Å²) >= 11 is 1.51. The molecule has 2 atom stereocenters. The highest BCUT2D eigenvalue weighted by Crippen LogP contribution is 2.43. The van der Waals surface area contributed by atoms with E-state index in [1.54, 1.807) is 11.0 Å². The number of aliphatic hydroxyl groups excluding tert-OH is 1. The second-order valence-corrected chi connectivity index (χ2v) is 8.72. The first kappa shape index (κ1) is 19.7. The van der Waals surface area contributed by atoms with Crippen LogP contribution in [-0.2, 0) is 16.0 Å². The van der Waals surface area contributed by atoms with Gasteiger partial charge in [0.15, 0.2) is 0 Å². The molecule has 0 bridgehead atoms. The van der Waals surface area contributed by atoms with Gasteiger partial charge in [-0.25, -0.2) is 0 Å². The Morgan fingerprint density at radius 3 is 2.79 bits per heavy atom. The van der Waals surface area contributed by atoms with Crippen molar-refractivity contribution in [3.05, 3.63) is 56.8 Å². The molecule has 1 saturated heterocycles. The maximum atomic E-state index is 13.0. The molecule has 0 spiro atoms. The Balaban J connectivity index is 1.83. The Morgan fingerprint density at radius 1 is 1.31 bits per heavy atom. The van der Waals surface area contributed by atoms with Crippen molar-refractivity contribution in [1.29, 1.82) is 0 Å². The predicted molar refractivity (Wildman–Crippen MR) is 113 cm³/mol. The standard InChI is InChI=1S/C23H25NO4S/c1-4-5-9-24-19(22-13(2)8-10-29-22)18(21(26)23(24)27)20(25)15-6-7-17-16(12-15)11-14(3)28-17/h6-8,10,12,14,19,25H,4-5,9,11H2,1-3H3/b20-18-. The molecule has 0 radical (unpaired) electrons. The van der Waals surface area contributed by atoms with Crippen LogP contribution in [0.3, 0.4) is 0 Å². The summed E-state index contributed by atoms with van der Waals surface area (Å²) in [5.74, 6) is -0.442. The number of likely N-dealkylation sites (tertiary alicyclic amines) is 1. The Morgan fingerprint density at radius 2 is 2.10 bits per heavy atom. The highest BCUT2D eigenvalue weighted by Gasteiger charge is 2.46. The highest BCUT2D eigenvalue weighted by atomic mass is 32.1. The van der Waals surface area contributed by atoms with Crippen molar-refractivity contribution in [3.8, 4) is 5.75 Å². The molecule has 2 aliphatic rings. The van der Waals surface area contributed by atoms with E-state index in [1.807, 2.05) is 37.4 Å². The van der Waals surface area contributed by atoms with Crippen molar-refractivity contribution in [2.45, 2.75) is 52.2 Å². The number of nitrogens with zero attached hydrogens (tertiary/aromatic N) is 1. The Kier molecular flexibility index (Phi) is 5.21. The van der Waals surface area contributed by atoms with Crippen LogP contribution in [0.25, 0.3) is 5.76 Å². The van der Waals surface area contributed by atoms with E-state index in [1.165, 1.54) is 11.3 Å². The number of hydrogen-bond donors (Lipinski definition) is 1. The minimum atomic E-state index is -0.610. The van der Waals surface area contributed by atoms with E-state index in [0.29, 0.717) is 12.1 Å². The highest BCUT2D eigenvalue weighted by molar-refractivity contribution is 7.10. The Labute approximate surface area is 174 Å². The molecule has 1 aromatic carbocycles. The number of ketones is 1. The van der Waals surface area contributed by atoms with Gasteiger partial charge in [0.25, 0.3) is 11.7 Å². The molecule has 0 saturated carbocycles. The average molecular weight is 412 g/mol. The number of rotatable bonds is 5. The zero-order valence-corrected chi connectivity index (χ0v) is 17.7. The summed E-state index contributed by atoms with van der Waals surface area (Å²) in [6, 6.07) is 6.89. The molecule has 1 fully saturated rings. The number of hydrogen-bond acceptors (Lipinski definition) is 5. The maximum Gasteiger partial charge on any atom is 0.295 e. The summed E-state index contributed by atoms with van der Waals surface area (Å²) in [6.45, 7) is 6.52. The summed E-state index contributed by atoms with van der Waals surface area (Å²) in [4.78, 5) is 28.3. The Bertz CT molecular complexity index is 1010. The number of thiophene rings is 1. The normalized spacial score (nSPS) is 22.8. The van der Waals surface area contributed by atoms with E-state index in [-0.39, 0.29) is 17.4 Å². The van der Waals surface area contributed by atoms with Crippen molar-refractivity contribution < 1.29 is 19.4 Å². The Hall–Kier alpha value is -2.60. The smallest absolute Gasteiger partial charge is 0.295 e. The average Bonchev–Trinajstić information content (AvgIpc) is 3.35. The maximum absolute atomic E-state index is 13.0. The van der Waals surface area contributed by atoms with E-state index >= 15 is 0 Å². The van der Waals surface area contributed by atoms with Gasteiger partial charge in [0, 0.05) is 23.4 Å². The molecule has 1 amide bonds. The number of fused-ring (bicyclic) bond motifs is 1. The van der Waals surface area contributed by atoms with E-state index in [2.05, 4.69) is 6.92 Å². The van der Waals surface area contributed by atoms with Gasteiger partial charge in [-0.1, -0.05) is 13.3 Å². The second-order valence-electron chi connectivity index (χ2n) is 7.77. The second kappa shape index (κ2) is 7.67. The van der Waals surface area contributed by atoms with Crippen LogP contribution < -0.4 is 4.74 Å². The lowest BCUT2D eigenvalue weighted by Gasteiger charge is -2.24. The predicted octanol–water partition coefficient (Wildman–Crippen LogP) is 4.60. The first-order valence-electron chi connectivity index (χ1n) is 10.0. The van der Waals surface area contributed by atoms with Gasteiger partial charge in [0.2, 0.25) is 0 Å². The van der Waals surface area contributed by atoms with E-state index in [4.69, 9.17) is 4.74 Å². The number of unbranched alkanes of at least 4 members (excludes halogenated alkanes) is 1. The van der Waals surface area contributed by atoms with Crippen LogP contribution in [0, 0.1) is 6.92 Å². The zero-order chi connectivity index (χ0) is 20.7. The molecule has 2 unspecified atom stereocenters. The van der Waals surface area contributed by atoms with Gasteiger partial charge >= 0.3 is 0 Å². The van der Waals surface area contributed by atoms with Crippen molar-refractivity contribution in [2.75, 3.05) is 6.54 Å². The molecule has 152 valence electrons. The van der Waals surface area contributed by atoms with Crippen LogP contribution in [0.1, 0.15) is 54.3 Å². The van der Waals surface area contributed by atoms with E-state index < -0.39 is 17.7 Å². The monoisotopic (exact) mass is 411 g/mol. The number of carbonyl (C=O) groups excluding carboxylic acids is 2.